The maximum Gasteiger partial charge on any atom is 0.435 e. The average molecular weight is 500 g/mol. The van der Waals surface area contributed by atoms with Crippen molar-refractivity contribution in [1.29, 1.82) is 0 Å². The third-order valence-electron chi connectivity index (χ3n) is 4.86. The highest BCUT2D eigenvalue weighted by atomic mass is 127. The van der Waals surface area contributed by atoms with E-state index in [4.69, 9.17) is 0 Å². The number of alkyl halides is 3. The topological polar surface area (TPSA) is 57.5 Å². The maximum atomic E-state index is 13.1. The van der Waals surface area contributed by atoms with Gasteiger partial charge >= 0.3 is 6.18 Å². The van der Waals surface area contributed by atoms with E-state index < -0.39 is 11.9 Å². The zero-order valence-corrected chi connectivity index (χ0v) is 18.1. The lowest BCUT2D eigenvalue weighted by Crippen LogP contribution is -2.49. The second-order valence-electron chi connectivity index (χ2n) is 7.06. The van der Waals surface area contributed by atoms with Crippen LogP contribution in [0.25, 0.3) is 0 Å². The van der Waals surface area contributed by atoms with E-state index in [1.165, 1.54) is 30.8 Å². The summed E-state index contributed by atoms with van der Waals surface area (Å²) in [6.07, 6.45) is 1.60. The summed E-state index contributed by atoms with van der Waals surface area (Å²) in [4.78, 5) is 6.89. The molecule has 0 unspecified atom stereocenters. The predicted octanol–water partition coefficient (Wildman–Crippen LogP) is 2.74. The number of guanidine groups is 1. The van der Waals surface area contributed by atoms with Gasteiger partial charge in [-0.2, -0.15) is 18.3 Å². The molecule has 1 aliphatic heterocycles. The molecule has 27 heavy (non-hydrogen) atoms. The molecule has 10 heteroatoms. The molecule has 0 bridgehead atoms. The molecule has 1 aromatic heterocycles. The van der Waals surface area contributed by atoms with E-state index in [0.29, 0.717) is 18.5 Å². The lowest BCUT2D eigenvalue weighted by molar-refractivity contribution is -0.142. The van der Waals surface area contributed by atoms with Crippen molar-refractivity contribution in [3.63, 3.8) is 0 Å². The molecule has 6 nitrogen and oxygen atoms in total. The summed E-state index contributed by atoms with van der Waals surface area (Å²) in [5.74, 6) is 0.564. The first-order chi connectivity index (χ1) is 12.4. The molecule has 0 aromatic carbocycles. The Kier molecular flexibility index (Phi) is 7.78. The molecule has 1 saturated heterocycles. The fourth-order valence-electron chi connectivity index (χ4n) is 3.42. The Labute approximate surface area is 175 Å². The summed E-state index contributed by atoms with van der Waals surface area (Å²) >= 11 is 0. The number of hydrogen-bond acceptors (Lipinski definition) is 3. The molecule has 2 fully saturated rings. The Balaban J connectivity index is 0.00000261. The van der Waals surface area contributed by atoms with E-state index >= 15 is 0 Å². The van der Waals surface area contributed by atoms with E-state index in [0.717, 1.165) is 32.0 Å². The van der Waals surface area contributed by atoms with Gasteiger partial charge in [-0.15, -0.1) is 24.0 Å². The van der Waals surface area contributed by atoms with Crippen molar-refractivity contribution in [1.82, 2.24) is 25.3 Å². The first kappa shape index (κ1) is 22.3. The van der Waals surface area contributed by atoms with Gasteiger partial charge in [0.25, 0.3) is 0 Å². The van der Waals surface area contributed by atoms with Crippen molar-refractivity contribution < 1.29 is 13.2 Å². The minimum Gasteiger partial charge on any atom is -0.357 e. The number of hydrogen-bond donors (Lipinski definition) is 2. The highest BCUT2D eigenvalue weighted by Crippen LogP contribution is 2.31. The van der Waals surface area contributed by atoms with Crippen LogP contribution < -0.4 is 10.6 Å². The highest BCUT2D eigenvalue weighted by molar-refractivity contribution is 14.0. The Hall–Kier alpha value is -1.04. The van der Waals surface area contributed by atoms with Gasteiger partial charge in [0, 0.05) is 50.5 Å². The van der Waals surface area contributed by atoms with Crippen LogP contribution in [0.5, 0.6) is 0 Å². The van der Waals surface area contributed by atoms with Crippen LogP contribution in [0.3, 0.4) is 0 Å². The second-order valence-corrected chi connectivity index (χ2v) is 7.06. The van der Waals surface area contributed by atoms with Crippen LogP contribution in [0.15, 0.2) is 11.2 Å². The molecule has 154 valence electrons. The van der Waals surface area contributed by atoms with E-state index in [1.807, 2.05) is 6.92 Å². The number of nitrogens with one attached hydrogen (secondary N) is 2. The Morgan fingerprint density at radius 3 is 2.48 bits per heavy atom. The quantitative estimate of drug-likeness (QED) is 0.371. The zero-order chi connectivity index (χ0) is 18.7. The van der Waals surface area contributed by atoms with Gasteiger partial charge in [0.1, 0.15) is 0 Å². The standard InChI is InChI=1S/C17H27F3N6.HI/c1-3-21-16(23-13-6-8-26(9-7-13)14-4-5-14)22-10-12-11-25(2)24-15(12)17(18,19)20;/h11,13-14H,3-10H2,1-2H3,(H2,21,22,23);1H. The van der Waals surface area contributed by atoms with Crippen molar-refractivity contribution >= 4 is 29.9 Å². The van der Waals surface area contributed by atoms with Crippen LogP contribution in [0.4, 0.5) is 13.2 Å². The largest absolute Gasteiger partial charge is 0.435 e. The third kappa shape index (κ3) is 6.23. The van der Waals surface area contributed by atoms with Gasteiger partial charge in [0.15, 0.2) is 11.7 Å². The van der Waals surface area contributed by atoms with Gasteiger partial charge in [-0.1, -0.05) is 0 Å². The number of aliphatic imine (C=N–C) groups is 1. The number of halogens is 4. The number of nitrogens with zero attached hydrogens (tertiary/aromatic N) is 4. The minimum atomic E-state index is -4.46. The first-order valence-electron chi connectivity index (χ1n) is 9.25. The lowest BCUT2D eigenvalue weighted by Gasteiger charge is -2.33. The average Bonchev–Trinajstić information content (AvgIpc) is 3.35. The van der Waals surface area contributed by atoms with Gasteiger partial charge in [-0.05, 0) is 32.6 Å². The Morgan fingerprint density at radius 1 is 1.26 bits per heavy atom. The molecule has 2 aliphatic rings. The monoisotopic (exact) mass is 500 g/mol. The first-order valence-corrected chi connectivity index (χ1v) is 9.25. The maximum absolute atomic E-state index is 13.1. The third-order valence-corrected chi connectivity index (χ3v) is 4.86. The van der Waals surface area contributed by atoms with Crippen LogP contribution >= 0.6 is 24.0 Å². The van der Waals surface area contributed by atoms with Gasteiger partial charge in [-0.3, -0.25) is 4.68 Å². The summed E-state index contributed by atoms with van der Waals surface area (Å²) in [5, 5.41) is 10.0. The Morgan fingerprint density at radius 2 is 1.93 bits per heavy atom. The van der Waals surface area contributed by atoms with Gasteiger partial charge in [0.2, 0.25) is 0 Å². The number of aryl methyl sites for hydroxylation is 1. The molecule has 2 heterocycles. The summed E-state index contributed by atoms with van der Waals surface area (Å²) in [6, 6.07) is 1.09. The van der Waals surface area contributed by atoms with E-state index in [2.05, 4.69) is 25.6 Å². The number of likely N-dealkylation sites (tertiary alicyclic amines) is 1. The molecule has 0 spiro atoms. The fraction of sp³-hybridized carbons (Fsp3) is 0.765. The molecule has 0 radical (unpaired) electrons. The summed E-state index contributed by atoms with van der Waals surface area (Å²) < 4.78 is 40.3. The van der Waals surface area contributed by atoms with Crippen molar-refractivity contribution in [3.05, 3.63) is 17.5 Å². The predicted molar refractivity (Wildman–Crippen MR) is 109 cm³/mol. The minimum absolute atomic E-state index is 0. The molecule has 3 rings (SSSR count). The second kappa shape index (κ2) is 9.44. The van der Waals surface area contributed by atoms with Crippen LogP contribution in [0, 0.1) is 0 Å². The normalized spacial score (nSPS) is 19.7. The lowest BCUT2D eigenvalue weighted by atomic mass is 10.1. The molecular weight excluding hydrogens is 472 g/mol. The number of aromatic nitrogens is 2. The molecule has 1 aromatic rings. The summed E-state index contributed by atoms with van der Waals surface area (Å²) in [7, 11) is 1.49. The number of piperidine rings is 1. The molecule has 0 amide bonds. The van der Waals surface area contributed by atoms with E-state index in [-0.39, 0.29) is 36.1 Å². The van der Waals surface area contributed by atoms with E-state index in [9.17, 15) is 13.2 Å². The Bertz CT molecular complexity index is 633. The van der Waals surface area contributed by atoms with Crippen molar-refractivity contribution in [2.24, 2.45) is 12.0 Å². The SMILES string of the molecule is CCNC(=NCc1cn(C)nc1C(F)(F)F)NC1CCN(C2CC2)CC1.I. The smallest absolute Gasteiger partial charge is 0.357 e. The van der Waals surface area contributed by atoms with Crippen LogP contribution in [0.2, 0.25) is 0 Å². The van der Waals surface area contributed by atoms with Crippen molar-refractivity contribution in [2.75, 3.05) is 19.6 Å². The molecule has 0 atom stereocenters. The molecule has 1 aliphatic carbocycles. The number of rotatable bonds is 5. The van der Waals surface area contributed by atoms with E-state index in [1.54, 1.807) is 0 Å². The van der Waals surface area contributed by atoms with Gasteiger partial charge in [-0.25, -0.2) is 4.99 Å². The van der Waals surface area contributed by atoms with Crippen molar-refractivity contribution in [2.45, 2.75) is 57.4 Å². The van der Waals surface area contributed by atoms with Crippen LogP contribution in [-0.2, 0) is 19.8 Å². The van der Waals surface area contributed by atoms with Crippen molar-refractivity contribution in [3.8, 4) is 0 Å². The molecule has 2 N–H and O–H groups in total. The highest BCUT2D eigenvalue weighted by Gasteiger charge is 2.37. The van der Waals surface area contributed by atoms with Crippen LogP contribution in [-0.4, -0.2) is 52.4 Å². The summed E-state index contributed by atoms with van der Waals surface area (Å²) in [6.45, 7) is 4.69. The molecular formula is C17H28F3IN6. The van der Waals surface area contributed by atoms with Gasteiger partial charge in [0.05, 0.1) is 6.54 Å². The van der Waals surface area contributed by atoms with Crippen LogP contribution in [0.1, 0.15) is 43.9 Å². The molecule has 1 saturated carbocycles. The zero-order valence-electron chi connectivity index (χ0n) is 15.7. The fourth-order valence-corrected chi connectivity index (χ4v) is 3.42. The summed E-state index contributed by atoms with van der Waals surface area (Å²) in [5.41, 5.74) is -0.780. The van der Waals surface area contributed by atoms with Gasteiger partial charge < -0.3 is 15.5 Å².